The zero-order valence-corrected chi connectivity index (χ0v) is 17.6. The molecule has 2 aromatic carbocycles. The molecule has 1 fully saturated rings. The first-order valence-corrected chi connectivity index (χ1v) is 10.4. The molecule has 1 atom stereocenters. The Labute approximate surface area is 183 Å². The molecule has 4 rings (SSSR count). The number of aryl methyl sites for hydroxylation is 1. The average Bonchev–Trinajstić information content (AvgIpc) is 3.30. The number of hydrogen-bond donors (Lipinski definition) is 1. The van der Waals surface area contributed by atoms with Gasteiger partial charge in [0.15, 0.2) is 0 Å². The summed E-state index contributed by atoms with van der Waals surface area (Å²) in [5.41, 5.74) is 0.00501. The Morgan fingerprint density at radius 3 is 2.69 bits per heavy atom. The van der Waals surface area contributed by atoms with E-state index < -0.39 is 28.7 Å². The molecule has 0 unspecified atom stereocenters. The molecule has 1 saturated heterocycles. The third kappa shape index (κ3) is 4.67. The summed E-state index contributed by atoms with van der Waals surface area (Å²) in [6.45, 7) is 2.75. The predicted molar refractivity (Wildman–Crippen MR) is 116 cm³/mol. The smallest absolute Gasteiger partial charge is 0.352 e. The lowest BCUT2D eigenvalue weighted by molar-refractivity contribution is 0.0849. The molecule has 8 nitrogen and oxygen atoms in total. The highest BCUT2D eigenvalue weighted by molar-refractivity contribution is 5.91. The van der Waals surface area contributed by atoms with Crippen molar-refractivity contribution in [1.82, 2.24) is 19.7 Å². The third-order valence-electron chi connectivity index (χ3n) is 5.28. The van der Waals surface area contributed by atoms with Gasteiger partial charge < -0.3 is 10.1 Å². The molecule has 0 saturated carbocycles. The highest BCUT2D eigenvalue weighted by Gasteiger charge is 2.22. The molecule has 1 amide bonds. The van der Waals surface area contributed by atoms with Crippen LogP contribution in [0.3, 0.4) is 0 Å². The molecule has 1 N–H and O–H groups in total. The largest absolute Gasteiger partial charge is 0.376 e. The van der Waals surface area contributed by atoms with E-state index in [9.17, 15) is 18.8 Å². The van der Waals surface area contributed by atoms with Gasteiger partial charge in [0.2, 0.25) is 5.69 Å². The van der Waals surface area contributed by atoms with Crippen molar-refractivity contribution in [2.75, 3.05) is 13.2 Å². The van der Waals surface area contributed by atoms with Crippen LogP contribution in [0.2, 0.25) is 0 Å². The van der Waals surface area contributed by atoms with Crippen LogP contribution in [0, 0.1) is 12.7 Å². The van der Waals surface area contributed by atoms with Gasteiger partial charge >= 0.3 is 5.69 Å². The van der Waals surface area contributed by atoms with Gasteiger partial charge in [-0.3, -0.25) is 14.2 Å². The lowest BCUT2D eigenvalue weighted by atomic mass is 10.1. The fourth-order valence-corrected chi connectivity index (χ4v) is 3.64. The van der Waals surface area contributed by atoms with Crippen LogP contribution in [0.4, 0.5) is 4.39 Å². The van der Waals surface area contributed by atoms with Gasteiger partial charge in [0.25, 0.3) is 11.5 Å². The lowest BCUT2D eigenvalue weighted by Crippen LogP contribution is -2.46. The minimum Gasteiger partial charge on any atom is -0.376 e. The predicted octanol–water partition coefficient (Wildman–Crippen LogP) is 1.80. The maximum atomic E-state index is 13.4. The number of hydrogen-bond acceptors (Lipinski definition) is 5. The zero-order valence-electron chi connectivity index (χ0n) is 17.6. The molecular formula is C23H23FN4O4. The zero-order chi connectivity index (χ0) is 22.7. The van der Waals surface area contributed by atoms with Gasteiger partial charge in [-0.1, -0.05) is 29.8 Å². The molecule has 166 valence electrons. The molecule has 0 spiro atoms. The number of nitrogens with one attached hydrogen (secondary N) is 1. The van der Waals surface area contributed by atoms with Crippen molar-refractivity contribution in [2.24, 2.45) is 0 Å². The van der Waals surface area contributed by atoms with Gasteiger partial charge in [0, 0.05) is 13.2 Å². The molecule has 1 aliphatic rings. The third-order valence-corrected chi connectivity index (χ3v) is 5.28. The number of ether oxygens (including phenoxy) is 1. The van der Waals surface area contributed by atoms with Crippen LogP contribution in [0.25, 0.3) is 5.69 Å². The Morgan fingerprint density at radius 2 is 2.00 bits per heavy atom. The lowest BCUT2D eigenvalue weighted by Gasteiger charge is -2.14. The molecule has 1 aromatic heterocycles. The van der Waals surface area contributed by atoms with Gasteiger partial charge in [-0.05, 0) is 49.6 Å². The summed E-state index contributed by atoms with van der Waals surface area (Å²) < 4.78 is 20.8. The van der Waals surface area contributed by atoms with Crippen LogP contribution in [0.15, 0.2) is 58.1 Å². The van der Waals surface area contributed by atoms with Gasteiger partial charge in [0.1, 0.15) is 5.82 Å². The standard InChI is InChI=1S/C23H23FN4O4/c1-15-4-2-5-16(12-15)14-27-22(30)20(21(29)25-13-19-6-3-11-32-19)26-28(23(27)31)18-9-7-17(24)8-10-18/h2,4-5,7-10,12,19H,3,6,11,13-14H2,1H3,(H,25,29)/t19-/m1/s1. The monoisotopic (exact) mass is 438 g/mol. The Kier molecular flexibility index (Phi) is 6.27. The van der Waals surface area contributed by atoms with Crippen LogP contribution in [0.1, 0.15) is 34.5 Å². The number of nitrogens with zero attached hydrogens (tertiary/aromatic N) is 3. The molecule has 0 aliphatic carbocycles. The highest BCUT2D eigenvalue weighted by Crippen LogP contribution is 2.11. The van der Waals surface area contributed by atoms with Gasteiger partial charge in [0.05, 0.1) is 18.3 Å². The van der Waals surface area contributed by atoms with Crippen molar-refractivity contribution in [2.45, 2.75) is 32.4 Å². The summed E-state index contributed by atoms with van der Waals surface area (Å²) in [7, 11) is 0. The molecule has 1 aliphatic heterocycles. The number of carbonyl (C=O) groups excluding carboxylic acids is 1. The van der Waals surface area contributed by atoms with E-state index in [2.05, 4.69) is 10.4 Å². The van der Waals surface area contributed by atoms with Crippen molar-refractivity contribution < 1.29 is 13.9 Å². The van der Waals surface area contributed by atoms with Crippen LogP contribution >= 0.6 is 0 Å². The number of carbonyl (C=O) groups is 1. The maximum absolute atomic E-state index is 13.4. The number of amides is 1. The van der Waals surface area contributed by atoms with Crippen molar-refractivity contribution in [3.8, 4) is 5.69 Å². The van der Waals surface area contributed by atoms with E-state index in [4.69, 9.17) is 4.74 Å². The summed E-state index contributed by atoms with van der Waals surface area (Å²) in [6, 6.07) is 12.4. The fourth-order valence-electron chi connectivity index (χ4n) is 3.64. The number of aromatic nitrogens is 3. The Balaban J connectivity index is 1.76. The Bertz CT molecular complexity index is 1240. The molecule has 3 aromatic rings. The van der Waals surface area contributed by atoms with E-state index in [0.717, 1.165) is 33.2 Å². The second-order valence-electron chi connectivity index (χ2n) is 7.74. The summed E-state index contributed by atoms with van der Waals surface area (Å²) in [5.74, 6) is -1.18. The van der Waals surface area contributed by atoms with E-state index in [-0.39, 0.29) is 24.9 Å². The van der Waals surface area contributed by atoms with Gasteiger partial charge in [-0.15, -0.1) is 0 Å². The Hall–Kier alpha value is -3.59. The quantitative estimate of drug-likeness (QED) is 0.633. The van der Waals surface area contributed by atoms with Crippen LogP contribution in [0.5, 0.6) is 0 Å². The molecular weight excluding hydrogens is 415 g/mol. The normalized spacial score (nSPS) is 15.6. The fraction of sp³-hybridized carbons (Fsp3) is 0.304. The van der Waals surface area contributed by atoms with Crippen LogP contribution in [-0.2, 0) is 11.3 Å². The van der Waals surface area contributed by atoms with Crippen LogP contribution in [-0.4, -0.2) is 39.5 Å². The van der Waals surface area contributed by atoms with Gasteiger partial charge in [-0.2, -0.15) is 9.78 Å². The van der Waals surface area contributed by atoms with E-state index in [1.807, 2.05) is 25.1 Å². The molecule has 0 bridgehead atoms. The number of benzene rings is 2. The first-order valence-electron chi connectivity index (χ1n) is 10.4. The van der Waals surface area contributed by atoms with Crippen molar-refractivity contribution in [3.05, 3.63) is 92.0 Å². The first kappa shape index (κ1) is 21.6. The van der Waals surface area contributed by atoms with Gasteiger partial charge in [-0.25, -0.2) is 9.18 Å². The summed E-state index contributed by atoms with van der Waals surface area (Å²) >= 11 is 0. The molecule has 9 heteroatoms. The number of rotatable bonds is 6. The minimum absolute atomic E-state index is 0.0327. The minimum atomic E-state index is -0.792. The number of halogens is 1. The van der Waals surface area contributed by atoms with E-state index in [1.54, 1.807) is 6.07 Å². The van der Waals surface area contributed by atoms with Crippen LogP contribution < -0.4 is 16.6 Å². The maximum Gasteiger partial charge on any atom is 0.352 e. The van der Waals surface area contributed by atoms with E-state index in [0.29, 0.717) is 6.61 Å². The Morgan fingerprint density at radius 1 is 1.22 bits per heavy atom. The molecule has 0 radical (unpaired) electrons. The van der Waals surface area contributed by atoms with E-state index in [1.165, 1.54) is 24.3 Å². The summed E-state index contributed by atoms with van der Waals surface area (Å²) in [5, 5.41) is 6.71. The van der Waals surface area contributed by atoms with Crippen molar-refractivity contribution in [1.29, 1.82) is 0 Å². The second-order valence-corrected chi connectivity index (χ2v) is 7.74. The SMILES string of the molecule is Cc1cccc(Cn2c(=O)c(C(=O)NC[C@H]3CCCO3)nn(-c3ccc(F)cc3)c2=O)c1. The summed E-state index contributed by atoms with van der Waals surface area (Å²) in [4.78, 5) is 39.0. The topological polar surface area (TPSA) is 95.2 Å². The highest BCUT2D eigenvalue weighted by atomic mass is 19.1. The average molecular weight is 438 g/mol. The van der Waals surface area contributed by atoms with Crippen molar-refractivity contribution in [3.63, 3.8) is 0 Å². The molecule has 2 heterocycles. The first-order chi connectivity index (χ1) is 15.4. The second kappa shape index (κ2) is 9.27. The van der Waals surface area contributed by atoms with Crippen molar-refractivity contribution >= 4 is 5.91 Å². The van der Waals surface area contributed by atoms with E-state index >= 15 is 0 Å². The summed E-state index contributed by atoms with van der Waals surface area (Å²) in [6.07, 6.45) is 1.62. The molecule has 32 heavy (non-hydrogen) atoms.